The molecule has 1 aromatic carbocycles. The number of hydrogen-bond acceptors (Lipinski definition) is 2. The summed E-state index contributed by atoms with van der Waals surface area (Å²) in [6.07, 6.45) is 9.47. The zero-order chi connectivity index (χ0) is 17.9. The average Bonchev–Trinajstić information content (AvgIpc) is 2.67. The predicted molar refractivity (Wildman–Crippen MR) is 104 cm³/mol. The second kappa shape index (κ2) is 10.5. The van der Waals surface area contributed by atoms with Crippen molar-refractivity contribution in [1.82, 2.24) is 16.0 Å². The van der Waals surface area contributed by atoms with Gasteiger partial charge in [0.1, 0.15) is 0 Å². The van der Waals surface area contributed by atoms with Gasteiger partial charge in [-0.1, -0.05) is 23.8 Å². The Morgan fingerprint density at radius 2 is 1.96 bits per heavy atom. The molecule has 0 bridgehead atoms. The number of benzene rings is 1. The fraction of sp³-hybridized carbons (Fsp3) is 0.500. The zero-order valence-electron chi connectivity index (χ0n) is 15.4. The van der Waals surface area contributed by atoms with E-state index in [-0.39, 0.29) is 5.91 Å². The molecule has 1 amide bonds. The van der Waals surface area contributed by atoms with Crippen molar-refractivity contribution in [2.75, 3.05) is 27.2 Å². The van der Waals surface area contributed by atoms with Gasteiger partial charge in [-0.05, 0) is 56.2 Å². The van der Waals surface area contributed by atoms with Gasteiger partial charge in [-0.15, -0.1) is 0 Å². The highest BCUT2D eigenvalue weighted by Gasteiger charge is 2.05. The quantitative estimate of drug-likeness (QED) is 0.405. The fourth-order valence-corrected chi connectivity index (χ4v) is 3.03. The van der Waals surface area contributed by atoms with Gasteiger partial charge in [-0.25, -0.2) is 0 Å². The molecule has 136 valence electrons. The van der Waals surface area contributed by atoms with Crippen LogP contribution in [0.3, 0.4) is 0 Å². The van der Waals surface area contributed by atoms with E-state index in [4.69, 9.17) is 0 Å². The van der Waals surface area contributed by atoms with Crippen LogP contribution < -0.4 is 16.0 Å². The van der Waals surface area contributed by atoms with Crippen molar-refractivity contribution in [2.24, 2.45) is 4.99 Å². The molecule has 25 heavy (non-hydrogen) atoms. The highest BCUT2D eigenvalue weighted by molar-refractivity contribution is 5.94. The maximum Gasteiger partial charge on any atom is 0.251 e. The molecule has 2 rings (SSSR count). The Bertz CT molecular complexity index is 622. The second-order valence-corrected chi connectivity index (χ2v) is 6.31. The van der Waals surface area contributed by atoms with Gasteiger partial charge in [0.2, 0.25) is 0 Å². The van der Waals surface area contributed by atoms with Crippen molar-refractivity contribution in [3.63, 3.8) is 0 Å². The van der Waals surface area contributed by atoms with Crippen LogP contribution in [0.25, 0.3) is 0 Å². The zero-order valence-corrected chi connectivity index (χ0v) is 15.4. The number of nitrogens with zero attached hydrogens (tertiary/aromatic N) is 1. The smallest absolute Gasteiger partial charge is 0.251 e. The van der Waals surface area contributed by atoms with Gasteiger partial charge in [0.25, 0.3) is 5.91 Å². The molecule has 0 aromatic heterocycles. The van der Waals surface area contributed by atoms with Crippen LogP contribution in [0, 0.1) is 0 Å². The average molecular weight is 342 g/mol. The van der Waals surface area contributed by atoms with Crippen LogP contribution in [0.15, 0.2) is 40.9 Å². The van der Waals surface area contributed by atoms with Gasteiger partial charge in [0.15, 0.2) is 5.96 Å². The molecule has 1 aromatic rings. The molecule has 0 aliphatic heterocycles. The first-order valence-corrected chi connectivity index (χ1v) is 9.16. The normalized spacial score (nSPS) is 14.6. The Morgan fingerprint density at radius 3 is 2.64 bits per heavy atom. The number of guanidine groups is 1. The van der Waals surface area contributed by atoms with E-state index in [0.29, 0.717) is 5.56 Å². The number of carbonyl (C=O) groups excluding carboxylic acids is 1. The summed E-state index contributed by atoms with van der Waals surface area (Å²) in [4.78, 5) is 16.0. The largest absolute Gasteiger partial charge is 0.356 e. The van der Waals surface area contributed by atoms with E-state index in [0.717, 1.165) is 37.5 Å². The molecule has 0 spiro atoms. The van der Waals surface area contributed by atoms with E-state index in [1.165, 1.54) is 25.7 Å². The van der Waals surface area contributed by atoms with Crippen molar-refractivity contribution < 1.29 is 4.79 Å². The van der Waals surface area contributed by atoms with E-state index in [2.05, 4.69) is 27.0 Å². The molecule has 0 atom stereocenters. The molecule has 0 fully saturated rings. The molecule has 0 unspecified atom stereocenters. The molecule has 1 aliphatic rings. The predicted octanol–water partition coefficient (Wildman–Crippen LogP) is 2.64. The summed E-state index contributed by atoms with van der Waals surface area (Å²) < 4.78 is 0. The molecule has 1 aliphatic carbocycles. The summed E-state index contributed by atoms with van der Waals surface area (Å²) in [7, 11) is 3.44. The summed E-state index contributed by atoms with van der Waals surface area (Å²) in [5, 5.41) is 9.37. The molecule has 0 saturated carbocycles. The third-order valence-corrected chi connectivity index (χ3v) is 4.47. The number of nitrogens with one attached hydrogen (secondary N) is 3. The van der Waals surface area contributed by atoms with Crippen molar-refractivity contribution in [1.29, 1.82) is 0 Å². The fourth-order valence-electron chi connectivity index (χ4n) is 3.03. The highest BCUT2D eigenvalue weighted by Crippen LogP contribution is 2.19. The van der Waals surface area contributed by atoms with Gasteiger partial charge >= 0.3 is 0 Å². The Labute approximate surface area is 151 Å². The number of aliphatic imine (C=N–C) groups is 1. The first kappa shape index (κ1) is 19.0. The minimum absolute atomic E-state index is 0.0516. The number of carbonyl (C=O) groups is 1. The lowest BCUT2D eigenvalue weighted by molar-refractivity contribution is 0.0963. The van der Waals surface area contributed by atoms with Gasteiger partial charge in [0.05, 0.1) is 0 Å². The summed E-state index contributed by atoms with van der Waals surface area (Å²) in [6.45, 7) is 1.69. The van der Waals surface area contributed by atoms with E-state index in [9.17, 15) is 4.79 Å². The molecular formula is C20H30N4O. The number of rotatable bonds is 7. The van der Waals surface area contributed by atoms with Crippen LogP contribution in [-0.4, -0.2) is 39.1 Å². The molecule has 5 nitrogen and oxygen atoms in total. The van der Waals surface area contributed by atoms with Crippen LogP contribution in [0.5, 0.6) is 0 Å². The van der Waals surface area contributed by atoms with E-state index < -0.39 is 0 Å². The standard InChI is InChI=1S/C20H30N4O/c1-21-19(25)18-10-6-9-17(15-18)12-14-24-20(22-2)23-13-11-16-7-4-3-5-8-16/h6-7,9-10,15H,3-5,8,11-14H2,1-2H3,(H,21,25)(H2,22,23,24). The highest BCUT2D eigenvalue weighted by atomic mass is 16.1. The van der Waals surface area contributed by atoms with Crippen LogP contribution in [0.1, 0.15) is 48.0 Å². The minimum atomic E-state index is -0.0516. The molecular weight excluding hydrogens is 312 g/mol. The third-order valence-electron chi connectivity index (χ3n) is 4.47. The lowest BCUT2D eigenvalue weighted by atomic mass is 9.97. The summed E-state index contributed by atoms with van der Waals surface area (Å²) in [5.74, 6) is 0.781. The Morgan fingerprint density at radius 1 is 1.16 bits per heavy atom. The lowest BCUT2D eigenvalue weighted by Crippen LogP contribution is -2.38. The number of amides is 1. The number of hydrogen-bond donors (Lipinski definition) is 3. The van der Waals surface area contributed by atoms with Crippen LogP contribution >= 0.6 is 0 Å². The van der Waals surface area contributed by atoms with E-state index in [1.54, 1.807) is 19.7 Å². The summed E-state index contributed by atoms with van der Waals surface area (Å²) >= 11 is 0. The first-order valence-electron chi connectivity index (χ1n) is 9.16. The van der Waals surface area contributed by atoms with Gasteiger partial charge in [-0.2, -0.15) is 0 Å². The molecule has 0 radical (unpaired) electrons. The van der Waals surface area contributed by atoms with Crippen molar-refractivity contribution in [2.45, 2.75) is 38.5 Å². The third kappa shape index (κ3) is 6.61. The summed E-state index contributed by atoms with van der Waals surface area (Å²) in [6, 6.07) is 7.73. The number of allylic oxidation sites excluding steroid dienone is 1. The van der Waals surface area contributed by atoms with Gasteiger partial charge < -0.3 is 16.0 Å². The Balaban J connectivity index is 1.72. The van der Waals surface area contributed by atoms with E-state index >= 15 is 0 Å². The monoisotopic (exact) mass is 342 g/mol. The topological polar surface area (TPSA) is 65.5 Å². The van der Waals surface area contributed by atoms with Gasteiger partial charge in [-0.3, -0.25) is 9.79 Å². The Hall–Kier alpha value is -2.30. The van der Waals surface area contributed by atoms with Crippen LogP contribution in [0.4, 0.5) is 0 Å². The second-order valence-electron chi connectivity index (χ2n) is 6.31. The van der Waals surface area contributed by atoms with Crippen molar-refractivity contribution in [3.8, 4) is 0 Å². The lowest BCUT2D eigenvalue weighted by Gasteiger charge is -2.15. The van der Waals surface area contributed by atoms with E-state index in [1.807, 2.05) is 24.3 Å². The molecule has 5 heteroatoms. The van der Waals surface area contributed by atoms with Crippen molar-refractivity contribution in [3.05, 3.63) is 47.0 Å². The summed E-state index contributed by atoms with van der Waals surface area (Å²) in [5.41, 5.74) is 3.40. The van der Waals surface area contributed by atoms with Crippen LogP contribution in [0.2, 0.25) is 0 Å². The van der Waals surface area contributed by atoms with Gasteiger partial charge in [0, 0.05) is 32.7 Å². The molecule has 0 saturated heterocycles. The van der Waals surface area contributed by atoms with Crippen molar-refractivity contribution >= 4 is 11.9 Å². The maximum absolute atomic E-state index is 11.7. The Kier molecular flexibility index (Phi) is 8.02. The minimum Gasteiger partial charge on any atom is -0.356 e. The first-order chi connectivity index (χ1) is 12.2. The molecule has 3 N–H and O–H groups in total. The van der Waals surface area contributed by atoms with Crippen LogP contribution in [-0.2, 0) is 6.42 Å². The maximum atomic E-state index is 11.7. The SMILES string of the molecule is CN=C(NCCC1=CCCCC1)NCCc1cccc(C(=O)NC)c1. The molecule has 0 heterocycles.